The molecule has 2 aromatic rings. The lowest BCUT2D eigenvalue weighted by atomic mass is 9.74. The van der Waals surface area contributed by atoms with Crippen molar-refractivity contribution in [2.75, 3.05) is 26.9 Å². The number of benzene rings is 1. The van der Waals surface area contributed by atoms with Crippen LogP contribution in [0.3, 0.4) is 0 Å². The number of aromatic nitrogens is 1. The van der Waals surface area contributed by atoms with Crippen molar-refractivity contribution >= 4 is 33.2 Å². The Bertz CT molecular complexity index is 783. The van der Waals surface area contributed by atoms with Crippen molar-refractivity contribution in [1.82, 2.24) is 10.3 Å². The summed E-state index contributed by atoms with van der Waals surface area (Å²) in [5.41, 5.74) is 1.60. The number of halogens is 1. The molecule has 146 valence electrons. The Morgan fingerprint density at radius 2 is 2.00 bits per heavy atom. The smallest absolute Gasteiger partial charge is 0.271 e. The predicted molar refractivity (Wildman–Crippen MR) is 111 cm³/mol. The first-order chi connectivity index (χ1) is 12.9. The highest BCUT2D eigenvalue weighted by atomic mass is 79.9. The summed E-state index contributed by atoms with van der Waals surface area (Å²) in [7, 11) is 1.66. The maximum absolute atomic E-state index is 12.9. The molecule has 2 heterocycles. The number of carbonyl (C=O) groups excluding carboxylic acids is 1. The third-order valence-electron chi connectivity index (χ3n) is 5.11. The van der Waals surface area contributed by atoms with Gasteiger partial charge in [0.15, 0.2) is 3.92 Å². The summed E-state index contributed by atoms with van der Waals surface area (Å²) in [5.74, 6) is 0.979. The average molecular weight is 453 g/mol. The molecule has 0 radical (unpaired) electrons. The van der Waals surface area contributed by atoms with Gasteiger partial charge in [0.2, 0.25) is 0 Å². The summed E-state index contributed by atoms with van der Waals surface area (Å²) in [6.45, 7) is 6.11. The molecule has 1 saturated heterocycles. The maximum Gasteiger partial charge on any atom is 0.271 e. The molecule has 1 aliphatic rings. The van der Waals surface area contributed by atoms with Crippen LogP contribution in [0.2, 0.25) is 0 Å². The molecule has 5 nitrogen and oxygen atoms in total. The van der Waals surface area contributed by atoms with Crippen molar-refractivity contribution < 1.29 is 14.3 Å². The van der Waals surface area contributed by atoms with E-state index < -0.39 is 0 Å². The Hall–Kier alpha value is -1.44. The number of ether oxygens (including phenoxy) is 2. The van der Waals surface area contributed by atoms with Crippen LogP contribution in [0.4, 0.5) is 0 Å². The fraction of sp³-hybridized carbons (Fsp3) is 0.500. The van der Waals surface area contributed by atoms with Gasteiger partial charge in [0, 0.05) is 30.1 Å². The van der Waals surface area contributed by atoms with Gasteiger partial charge in [-0.15, -0.1) is 11.3 Å². The van der Waals surface area contributed by atoms with Gasteiger partial charge in [0.1, 0.15) is 11.4 Å². The number of methoxy groups -OCH3 is 1. The molecule has 0 saturated carbocycles. The second-order valence-electron chi connectivity index (χ2n) is 7.14. The largest absolute Gasteiger partial charge is 0.497 e. The van der Waals surface area contributed by atoms with E-state index in [2.05, 4.69) is 52.2 Å². The number of carbonyl (C=O) groups is 1. The molecule has 0 spiro atoms. The molecule has 0 aliphatic carbocycles. The Morgan fingerprint density at radius 3 is 2.59 bits per heavy atom. The van der Waals surface area contributed by atoms with Crippen LogP contribution < -0.4 is 10.1 Å². The quantitative estimate of drug-likeness (QED) is 0.699. The van der Waals surface area contributed by atoms with Crippen LogP contribution in [0.25, 0.3) is 0 Å². The zero-order chi connectivity index (χ0) is 19.4. The third-order valence-corrected chi connectivity index (χ3v) is 6.91. The first-order valence-corrected chi connectivity index (χ1v) is 10.7. The molecule has 1 aromatic heterocycles. The van der Waals surface area contributed by atoms with Gasteiger partial charge in [-0.3, -0.25) is 4.79 Å². The van der Waals surface area contributed by atoms with Gasteiger partial charge in [-0.1, -0.05) is 26.0 Å². The lowest BCUT2D eigenvalue weighted by Crippen LogP contribution is -2.44. The average Bonchev–Trinajstić information content (AvgIpc) is 3.09. The highest BCUT2D eigenvalue weighted by Crippen LogP contribution is 2.35. The molecule has 1 aromatic carbocycles. The summed E-state index contributed by atoms with van der Waals surface area (Å²) in [5, 5.41) is 3.14. The number of nitrogens with one attached hydrogen (secondary N) is 1. The Labute approximate surface area is 172 Å². The van der Waals surface area contributed by atoms with Crippen molar-refractivity contribution in [2.45, 2.75) is 38.0 Å². The highest BCUT2D eigenvalue weighted by Gasteiger charge is 2.35. The molecule has 1 aliphatic heterocycles. The molecule has 7 heteroatoms. The molecule has 1 amide bonds. The van der Waals surface area contributed by atoms with Crippen molar-refractivity contribution in [3.63, 3.8) is 0 Å². The van der Waals surface area contributed by atoms with E-state index in [0.717, 1.165) is 27.4 Å². The first-order valence-electron chi connectivity index (χ1n) is 9.12. The predicted octanol–water partition coefficient (Wildman–Crippen LogP) is 4.52. The van der Waals surface area contributed by atoms with Crippen LogP contribution in [-0.4, -0.2) is 37.8 Å². The van der Waals surface area contributed by atoms with Crippen LogP contribution in [-0.2, 0) is 10.2 Å². The molecule has 1 fully saturated rings. The standard InChI is InChI=1S/C20H25BrN2O3S/c1-13(2)17-16(23-19(21)27-17)18(24)22-12-20(8-10-26-11-9-20)14-4-6-15(25-3)7-5-14/h4-7,13H,8-12H2,1-3H3,(H,22,24). The van der Waals surface area contributed by atoms with E-state index in [1.54, 1.807) is 7.11 Å². The maximum atomic E-state index is 12.9. The lowest BCUT2D eigenvalue weighted by molar-refractivity contribution is 0.0486. The van der Waals surface area contributed by atoms with Gasteiger partial charge in [0.05, 0.1) is 7.11 Å². The van der Waals surface area contributed by atoms with E-state index in [1.807, 2.05) is 12.1 Å². The molecule has 0 atom stereocenters. The molecule has 0 bridgehead atoms. The van der Waals surface area contributed by atoms with Crippen molar-refractivity contribution in [2.24, 2.45) is 0 Å². The summed E-state index contributed by atoms with van der Waals surface area (Å²) < 4.78 is 11.6. The lowest BCUT2D eigenvalue weighted by Gasteiger charge is -2.38. The van der Waals surface area contributed by atoms with E-state index in [-0.39, 0.29) is 17.2 Å². The topological polar surface area (TPSA) is 60.5 Å². The number of nitrogens with zero attached hydrogens (tertiary/aromatic N) is 1. The van der Waals surface area contributed by atoms with Crippen molar-refractivity contribution in [3.05, 3.63) is 44.3 Å². The molecule has 0 unspecified atom stereocenters. The second-order valence-corrected chi connectivity index (χ2v) is 9.44. The van der Waals surface area contributed by atoms with Gasteiger partial charge >= 0.3 is 0 Å². The Morgan fingerprint density at radius 1 is 1.33 bits per heavy atom. The summed E-state index contributed by atoms with van der Waals surface area (Å²) >= 11 is 4.93. The SMILES string of the molecule is COc1ccc(C2(CNC(=O)c3nc(Br)sc3C(C)C)CCOCC2)cc1. The van der Waals surface area contributed by atoms with Crippen molar-refractivity contribution in [1.29, 1.82) is 0 Å². The third kappa shape index (κ3) is 4.52. The van der Waals surface area contributed by atoms with Gasteiger partial charge < -0.3 is 14.8 Å². The fourth-order valence-electron chi connectivity index (χ4n) is 3.47. The normalized spacial score (nSPS) is 16.3. The minimum Gasteiger partial charge on any atom is -0.497 e. The van der Waals surface area contributed by atoms with Gasteiger partial charge in [-0.05, 0) is 52.4 Å². The minimum absolute atomic E-state index is 0.111. The fourth-order valence-corrected chi connectivity index (χ4v) is 4.96. The van der Waals surface area contributed by atoms with Gasteiger partial charge in [0.25, 0.3) is 5.91 Å². The highest BCUT2D eigenvalue weighted by molar-refractivity contribution is 9.11. The van der Waals surface area contributed by atoms with Crippen LogP contribution in [0.5, 0.6) is 5.75 Å². The minimum atomic E-state index is -0.134. The number of amides is 1. The van der Waals surface area contributed by atoms with Gasteiger partial charge in [-0.25, -0.2) is 4.98 Å². The molecule has 3 rings (SSSR count). The van der Waals surface area contributed by atoms with Crippen LogP contribution in [0.1, 0.15) is 53.5 Å². The van der Waals surface area contributed by atoms with Crippen LogP contribution in [0.15, 0.2) is 28.2 Å². The summed E-state index contributed by atoms with van der Waals surface area (Å²) in [4.78, 5) is 18.3. The zero-order valence-electron chi connectivity index (χ0n) is 15.9. The first kappa shape index (κ1) is 20.3. The monoisotopic (exact) mass is 452 g/mol. The van der Waals surface area contributed by atoms with Crippen molar-refractivity contribution in [3.8, 4) is 5.75 Å². The number of rotatable bonds is 6. The Kier molecular flexibility index (Phi) is 6.55. The van der Waals surface area contributed by atoms with E-state index in [9.17, 15) is 4.79 Å². The van der Waals surface area contributed by atoms with E-state index in [1.165, 1.54) is 16.9 Å². The van der Waals surface area contributed by atoms with E-state index in [0.29, 0.717) is 25.5 Å². The summed E-state index contributed by atoms with van der Waals surface area (Å²) in [6.07, 6.45) is 1.74. The number of hydrogen-bond donors (Lipinski definition) is 1. The van der Waals surface area contributed by atoms with Crippen LogP contribution >= 0.6 is 27.3 Å². The number of thiazole rings is 1. The second kappa shape index (κ2) is 8.71. The summed E-state index contributed by atoms with van der Waals surface area (Å²) in [6, 6.07) is 8.14. The van der Waals surface area contributed by atoms with E-state index >= 15 is 0 Å². The number of hydrogen-bond acceptors (Lipinski definition) is 5. The van der Waals surface area contributed by atoms with Crippen LogP contribution in [0, 0.1) is 0 Å². The van der Waals surface area contributed by atoms with Gasteiger partial charge in [-0.2, -0.15) is 0 Å². The molecule has 1 N–H and O–H groups in total. The molecule has 27 heavy (non-hydrogen) atoms. The Balaban J connectivity index is 1.80. The molecular formula is C20H25BrN2O3S. The van der Waals surface area contributed by atoms with E-state index in [4.69, 9.17) is 9.47 Å². The molecular weight excluding hydrogens is 428 g/mol. The zero-order valence-corrected chi connectivity index (χ0v) is 18.3.